The number of halogens is 1. The molecule has 28 heavy (non-hydrogen) atoms. The number of carbonyl (C=O) groups excluding carboxylic acids is 3. The smallest absolute Gasteiger partial charge is 0.303 e. The maximum atomic E-state index is 12.9. The van der Waals surface area contributed by atoms with E-state index in [9.17, 15) is 14.4 Å². The van der Waals surface area contributed by atoms with Crippen LogP contribution in [-0.2, 0) is 19.1 Å². The molecule has 0 saturated heterocycles. The van der Waals surface area contributed by atoms with Crippen molar-refractivity contribution in [1.82, 2.24) is 0 Å². The van der Waals surface area contributed by atoms with Crippen molar-refractivity contribution < 1.29 is 27.3 Å². The molecule has 2 fully saturated rings. The average Bonchev–Trinajstić information content (AvgIpc) is 2.98. The molecule has 0 aromatic rings. The summed E-state index contributed by atoms with van der Waals surface area (Å²) in [5, 5.41) is 0.252. The van der Waals surface area contributed by atoms with E-state index in [-0.39, 0.29) is 47.5 Å². The second-order valence-electron chi connectivity index (χ2n) is 9.17. The zero-order chi connectivity index (χ0) is 25.6. The predicted octanol–water partition coefficient (Wildman–Crippen LogP) is 4.75. The number of Topliss-reactive ketones (excluding diaryl/α,β-unsaturated/α-hetero) is 1. The van der Waals surface area contributed by atoms with E-state index in [1.165, 1.54) is 6.92 Å². The Labute approximate surface area is 180 Å². The highest BCUT2D eigenvalue weighted by atomic mass is 35.5. The quantitative estimate of drug-likeness (QED) is 0.616. The van der Waals surface area contributed by atoms with Crippen molar-refractivity contribution in [2.45, 2.75) is 71.7 Å². The number of carbonyl (C=O) groups is 3. The number of ether oxygens (including phenoxy) is 1. The van der Waals surface area contributed by atoms with Crippen LogP contribution in [0.5, 0.6) is 0 Å². The summed E-state index contributed by atoms with van der Waals surface area (Å²) in [7, 11) is 0. The monoisotopic (exact) mass is 410 g/mol. The van der Waals surface area contributed by atoms with Crippen LogP contribution < -0.4 is 0 Å². The highest BCUT2D eigenvalue weighted by Crippen LogP contribution is 2.68. The highest BCUT2D eigenvalue weighted by Gasteiger charge is 2.67. The topological polar surface area (TPSA) is 60.4 Å². The largest absolute Gasteiger partial charge is 0.451 e. The van der Waals surface area contributed by atoms with Crippen molar-refractivity contribution in [1.29, 1.82) is 0 Å². The van der Waals surface area contributed by atoms with E-state index in [0.29, 0.717) is 24.8 Å². The molecule has 0 bridgehead atoms. The van der Waals surface area contributed by atoms with Crippen LogP contribution in [0.25, 0.3) is 0 Å². The Morgan fingerprint density at radius 3 is 2.68 bits per heavy atom. The summed E-state index contributed by atoms with van der Waals surface area (Å²) >= 11 is 6.65. The van der Waals surface area contributed by atoms with Gasteiger partial charge in [0.2, 0.25) is 0 Å². The Bertz CT molecular complexity index is 1050. The van der Waals surface area contributed by atoms with Gasteiger partial charge in [0.25, 0.3) is 0 Å². The minimum Gasteiger partial charge on any atom is -0.451 e. The summed E-state index contributed by atoms with van der Waals surface area (Å²) in [6.07, 6.45) is 1.22. The van der Waals surface area contributed by atoms with Crippen molar-refractivity contribution in [2.24, 2.45) is 28.6 Å². The van der Waals surface area contributed by atoms with Crippen LogP contribution in [0.1, 0.15) is 74.3 Å². The molecule has 0 aromatic heterocycles. The second-order valence-corrected chi connectivity index (χ2v) is 9.58. The molecule has 0 N–H and O–H groups in total. The summed E-state index contributed by atoms with van der Waals surface area (Å²) in [4.78, 5) is 37.8. The third-order valence-electron chi connectivity index (χ3n) is 8.11. The molecule has 152 valence electrons. The molecule has 4 rings (SSSR count). The Hall–Kier alpha value is -1.42. The molecular weight excluding hydrogens is 376 g/mol. The van der Waals surface area contributed by atoms with Gasteiger partial charge in [-0.25, -0.2) is 0 Å². The van der Waals surface area contributed by atoms with Gasteiger partial charge < -0.3 is 4.74 Å². The minimum atomic E-state index is -2.99. The summed E-state index contributed by atoms with van der Waals surface area (Å²) in [6.45, 7) is 2.06. The molecule has 6 atom stereocenters. The molecule has 0 heterocycles. The molecule has 4 nitrogen and oxygen atoms in total. The first kappa shape index (κ1) is 13.7. The number of hydrogen-bond acceptors (Lipinski definition) is 4. The molecule has 4 aliphatic rings. The Morgan fingerprint density at radius 1 is 1.29 bits per heavy atom. The van der Waals surface area contributed by atoms with E-state index in [0.717, 1.165) is 0 Å². The number of ketones is 2. The fraction of sp³-hybridized carbons (Fsp3) is 0.696. The Balaban J connectivity index is 1.81. The highest BCUT2D eigenvalue weighted by molar-refractivity contribution is 6.32. The first-order chi connectivity index (χ1) is 15.4. The fourth-order valence-corrected chi connectivity index (χ4v) is 7.11. The molecule has 4 aliphatic carbocycles. The van der Waals surface area contributed by atoms with Gasteiger partial charge in [-0.1, -0.05) is 31.5 Å². The molecule has 5 heteroatoms. The summed E-state index contributed by atoms with van der Waals surface area (Å²) in [6, 6.07) is -0.386. The van der Waals surface area contributed by atoms with Gasteiger partial charge in [0, 0.05) is 30.5 Å². The summed E-state index contributed by atoms with van der Waals surface area (Å²) < 4.78 is 52.8. The lowest BCUT2D eigenvalue weighted by molar-refractivity contribution is -0.185. The van der Waals surface area contributed by atoms with Gasteiger partial charge in [0.15, 0.2) is 17.2 Å². The zero-order valence-corrected chi connectivity index (χ0v) is 17.1. The molecule has 0 unspecified atom stereocenters. The molecule has 0 radical (unpaired) electrons. The van der Waals surface area contributed by atoms with Crippen LogP contribution >= 0.6 is 11.6 Å². The van der Waals surface area contributed by atoms with Gasteiger partial charge in [0.1, 0.15) is 0 Å². The van der Waals surface area contributed by atoms with E-state index in [1.54, 1.807) is 0 Å². The van der Waals surface area contributed by atoms with Gasteiger partial charge >= 0.3 is 5.97 Å². The third-order valence-corrected chi connectivity index (χ3v) is 8.42. The van der Waals surface area contributed by atoms with Gasteiger partial charge in [-0.2, -0.15) is 0 Å². The molecular formula is C23H29ClO4. The SMILES string of the molecule is [2H]C1=C2C(Cl)=C[C@@H]3[C@H](CC[C@@]4(C)[C@H]3CC[C@]4(OC(=O)C([2H])([2H])[2H])C(C)=O)[C@@]2(C)CC([2H])([2H])C1=O. The van der Waals surface area contributed by atoms with Crippen LogP contribution in [0.3, 0.4) is 0 Å². The normalized spacial score (nSPS) is 50.4. The fourth-order valence-electron chi connectivity index (χ4n) is 6.70. The van der Waals surface area contributed by atoms with Gasteiger partial charge in [-0.05, 0) is 73.8 Å². The lowest BCUT2D eigenvalue weighted by Gasteiger charge is -2.57. The number of fused-ring (bicyclic) bond motifs is 5. The van der Waals surface area contributed by atoms with Crippen LogP contribution in [0, 0.1) is 28.6 Å². The van der Waals surface area contributed by atoms with Crippen LogP contribution in [0.2, 0.25) is 0 Å². The lowest BCUT2D eigenvalue weighted by atomic mass is 9.48. The van der Waals surface area contributed by atoms with Crippen molar-refractivity contribution in [3.63, 3.8) is 0 Å². The van der Waals surface area contributed by atoms with Crippen LogP contribution in [0.4, 0.5) is 0 Å². The maximum Gasteiger partial charge on any atom is 0.303 e. The summed E-state index contributed by atoms with van der Waals surface area (Å²) in [5.41, 5.74) is -2.87. The lowest BCUT2D eigenvalue weighted by Crippen LogP contribution is -2.58. The van der Waals surface area contributed by atoms with Crippen molar-refractivity contribution in [3.8, 4) is 0 Å². The van der Waals surface area contributed by atoms with Crippen molar-refractivity contribution in [3.05, 3.63) is 22.7 Å². The first-order valence-corrected chi connectivity index (χ1v) is 10.2. The maximum absolute atomic E-state index is 12.9. The standard InChI is InChI=1S/C23H29ClO4/c1-13(25)23(28-14(2)26)10-7-18-16-12-20(24)19-11-15(27)5-8-21(19,3)17(16)6-9-22(18,23)4/h11-12,16-18H,5-10H2,1-4H3/t16-,17+,18+,21-,22+,23+/m1/s1/i2D3,5D2,11D. The number of allylic oxidation sites excluding steroid dienone is 4. The number of rotatable bonds is 2. The van der Waals surface area contributed by atoms with Gasteiger partial charge in [-0.15, -0.1) is 0 Å². The van der Waals surface area contributed by atoms with Crippen LogP contribution in [0.15, 0.2) is 22.7 Å². The van der Waals surface area contributed by atoms with Gasteiger partial charge in [0.05, 0.1) is 1.37 Å². The summed E-state index contributed by atoms with van der Waals surface area (Å²) in [5.74, 6) is -3.15. The first-order valence-electron chi connectivity index (χ1n) is 12.8. The van der Waals surface area contributed by atoms with Crippen molar-refractivity contribution >= 4 is 29.1 Å². The number of hydrogen-bond donors (Lipinski definition) is 0. The molecule has 0 aliphatic heterocycles. The van der Waals surface area contributed by atoms with Crippen LogP contribution in [-0.4, -0.2) is 23.1 Å². The average molecular weight is 411 g/mol. The van der Waals surface area contributed by atoms with E-state index in [2.05, 4.69) is 0 Å². The molecule has 0 amide bonds. The van der Waals surface area contributed by atoms with Crippen molar-refractivity contribution in [2.75, 3.05) is 0 Å². The molecule has 0 spiro atoms. The van der Waals surface area contributed by atoms with Gasteiger partial charge in [-0.3, -0.25) is 14.4 Å². The Morgan fingerprint density at radius 2 is 2.00 bits per heavy atom. The van der Waals surface area contributed by atoms with E-state index >= 15 is 0 Å². The molecule has 0 aromatic carbocycles. The minimum absolute atomic E-state index is 0.0862. The zero-order valence-electron chi connectivity index (χ0n) is 22.4. The molecule has 2 saturated carbocycles. The third kappa shape index (κ3) is 2.46. The second kappa shape index (κ2) is 6.29. The van der Waals surface area contributed by atoms with E-state index < -0.39 is 41.4 Å². The number of esters is 1. The van der Waals surface area contributed by atoms with E-state index in [1.807, 2.05) is 19.9 Å². The predicted molar refractivity (Wildman–Crippen MR) is 107 cm³/mol. The Kier molecular flexibility index (Phi) is 3.08. The van der Waals surface area contributed by atoms with E-state index in [4.69, 9.17) is 24.6 Å².